The Morgan fingerprint density at radius 2 is 2.20 bits per heavy atom. The van der Waals surface area contributed by atoms with E-state index >= 15 is 0 Å². The molecule has 2 saturated heterocycles. The molecule has 0 spiro atoms. The lowest BCUT2D eigenvalue weighted by Crippen LogP contribution is -2.50. The van der Waals surface area contributed by atoms with Gasteiger partial charge >= 0.3 is 6.03 Å². The van der Waals surface area contributed by atoms with Crippen molar-refractivity contribution in [3.63, 3.8) is 0 Å². The molecular weight excluding hydrogens is 320 g/mol. The van der Waals surface area contributed by atoms with Crippen LogP contribution in [0.4, 0.5) is 4.79 Å². The fourth-order valence-electron chi connectivity index (χ4n) is 3.46. The van der Waals surface area contributed by atoms with Gasteiger partial charge in [-0.05, 0) is 31.0 Å². The van der Waals surface area contributed by atoms with Crippen molar-refractivity contribution in [2.75, 3.05) is 26.2 Å². The summed E-state index contributed by atoms with van der Waals surface area (Å²) in [4.78, 5) is 32.6. The van der Waals surface area contributed by atoms with Gasteiger partial charge in [0.05, 0.1) is 11.6 Å². The molecule has 0 radical (unpaired) electrons. The summed E-state index contributed by atoms with van der Waals surface area (Å²) < 4.78 is 1.65. The van der Waals surface area contributed by atoms with E-state index in [1.165, 1.54) is 0 Å². The van der Waals surface area contributed by atoms with E-state index in [-0.39, 0.29) is 18.0 Å². The number of rotatable bonds is 3. The van der Waals surface area contributed by atoms with E-state index in [0.717, 1.165) is 12.8 Å². The van der Waals surface area contributed by atoms with E-state index in [1.54, 1.807) is 35.4 Å². The molecule has 0 saturated carbocycles. The highest BCUT2D eigenvalue weighted by Gasteiger charge is 2.33. The molecular formula is C17H20N6O2. The van der Waals surface area contributed by atoms with Crippen molar-refractivity contribution in [3.8, 4) is 5.82 Å². The van der Waals surface area contributed by atoms with Gasteiger partial charge in [-0.25, -0.2) is 14.5 Å². The summed E-state index contributed by atoms with van der Waals surface area (Å²) in [5, 5.41) is 6.95. The van der Waals surface area contributed by atoms with E-state index in [9.17, 15) is 9.59 Å². The Balaban J connectivity index is 1.45. The van der Waals surface area contributed by atoms with Crippen molar-refractivity contribution in [2.45, 2.75) is 18.9 Å². The third-order valence-electron chi connectivity index (χ3n) is 4.75. The maximum atomic E-state index is 12.8. The molecule has 2 aromatic rings. The van der Waals surface area contributed by atoms with Gasteiger partial charge in [-0.15, -0.1) is 0 Å². The summed E-state index contributed by atoms with van der Waals surface area (Å²) in [6.07, 6.45) is 6.92. The van der Waals surface area contributed by atoms with Crippen molar-refractivity contribution in [1.82, 2.24) is 29.9 Å². The zero-order valence-electron chi connectivity index (χ0n) is 13.8. The largest absolute Gasteiger partial charge is 0.337 e. The van der Waals surface area contributed by atoms with E-state index in [1.807, 2.05) is 15.9 Å². The number of nitrogens with zero attached hydrogens (tertiary/aromatic N) is 5. The van der Waals surface area contributed by atoms with Crippen molar-refractivity contribution >= 4 is 11.9 Å². The Morgan fingerprint density at radius 3 is 2.88 bits per heavy atom. The first-order valence-electron chi connectivity index (χ1n) is 8.52. The molecule has 130 valence electrons. The molecule has 8 nitrogen and oxygen atoms in total. The van der Waals surface area contributed by atoms with Crippen molar-refractivity contribution in [3.05, 3.63) is 42.4 Å². The highest BCUT2D eigenvalue weighted by atomic mass is 16.2. The van der Waals surface area contributed by atoms with Crippen LogP contribution in [0.25, 0.3) is 5.82 Å². The number of urea groups is 1. The van der Waals surface area contributed by atoms with Gasteiger partial charge < -0.3 is 15.1 Å². The molecule has 1 N–H and O–H groups in total. The molecule has 2 fully saturated rings. The van der Waals surface area contributed by atoms with E-state index in [4.69, 9.17) is 0 Å². The monoisotopic (exact) mass is 340 g/mol. The summed E-state index contributed by atoms with van der Waals surface area (Å²) in [5.41, 5.74) is 0.558. The first kappa shape index (κ1) is 15.6. The topological polar surface area (TPSA) is 83.4 Å². The molecule has 4 heterocycles. The summed E-state index contributed by atoms with van der Waals surface area (Å²) in [5.74, 6) is 0.635. The smallest absolute Gasteiger partial charge is 0.317 e. The number of likely N-dealkylation sites (tertiary alicyclic amines) is 1. The second-order valence-electron chi connectivity index (χ2n) is 6.33. The third-order valence-corrected chi connectivity index (χ3v) is 4.75. The third kappa shape index (κ3) is 3.07. The van der Waals surface area contributed by atoms with E-state index < -0.39 is 0 Å². The van der Waals surface area contributed by atoms with Crippen molar-refractivity contribution < 1.29 is 9.59 Å². The quantitative estimate of drug-likeness (QED) is 0.900. The molecule has 2 aromatic heterocycles. The van der Waals surface area contributed by atoms with Crippen LogP contribution in [-0.4, -0.2) is 68.7 Å². The summed E-state index contributed by atoms with van der Waals surface area (Å²) in [7, 11) is 0. The molecule has 0 bridgehead atoms. The first-order valence-corrected chi connectivity index (χ1v) is 8.52. The number of carbonyl (C=O) groups excluding carboxylic acids is 2. The molecule has 2 aliphatic rings. The lowest BCUT2D eigenvalue weighted by molar-refractivity contribution is 0.0634. The fourth-order valence-corrected chi connectivity index (χ4v) is 3.46. The van der Waals surface area contributed by atoms with Crippen LogP contribution in [0.15, 0.2) is 36.8 Å². The Morgan fingerprint density at radius 1 is 1.28 bits per heavy atom. The Hall–Kier alpha value is -2.90. The number of pyridine rings is 1. The molecule has 2 aliphatic heterocycles. The number of hydrogen-bond donors (Lipinski definition) is 1. The predicted molar refractivity (Wildman–Crippen MR) is 90.4 cm³/mol. The molecule has 4 rings (SSSR count). The number of carbonyl (C=O) groups is 2. The van der Waals surface area contributed by atoms with Crippen LogP contribution in [-0.2, 0) is 0 Å². The Kier molecular flexibility index (Phi) is 4.09. The second-order valence-corrected chi connectivity index (χ2v) is 6.33. The first-order chi connectivity index (χ1) is 12.2. The molecule has 8 heteroatoms. The molecule has 1 atom stereocenters. The number of nitrogens with one attached hydrogen (secondary N) is 1. The Labute approximate surface area is 145 Å². The van der Waals surface area contributed by atoms with Gasteiger partial charge in [-0.3, -0.25) is 4.79 Å². The SMILES string of the molecule is O=C(c1ccc(-n2cccn2)nc1)N1CCCC(N2CCNC2=O)C1. The summed E-state index contributed by atoms with van der Waals surface area (Å²) in [6, 6.07) is 5.46. The van der Waals surface area contributed by atoms with Gasteiger partial charge in [-0.1, -0.05) is 0 Å². The van der Waals surface area contributed by atoms with Crippen LogP contribution in [0.5, 0.6) is 0 Å². The number of piperidine rings is 1. The summed E-state index contributed by atoms with van der Waals surface area (Å²) >= 11 is 0. The van der Waals surface area contributed by atoms with Crippen molar-refractivity contribution in [2.24, 2.45) is 0 Å². The maximum absolute atomic E-state index is 12.8. The van der Waals surface area contributed by atoms with Crippen molar-refractivity contribution in [1.29, 1.82) is 0 Å². The minimum atomic E-state index is -0.0381. The molecule has 1 unspecified atom stereocenters. The minimum Gasteiger partial charge on any atom is -0.337 e. The minimum absolute atomic E-state index is 0.0236. The lowest BCUT2D eigenvalue weighted by Gasteiger charge is -2.37. The van der Waals surface area contributed by atoms with Gasteiger partial charge in [0.1, 0.15) is 0 Å². The fraction of sp³-hybridized carbons (Fsp3) is 0.412. The van der Waals surface area contributed by atoms with Crippen LogP contribution in [0.3, 0.4) is 0 Å². The van der Waals surface area contributed by atoms with Gasteiger partial charge in [0.25, 0.3) is 5.91 Å². The van der Waals surface area contributed by atoms with Gasteiger partial charge in [0, 0.05) is 44.8 Å². The number of aromatic nitrogens is 3. The zero-order valence-corrected chi connectivity index (χ0v) is 13.8. The Bertz CT molecular complexity index is 758. The lowest BCUT2D eigenvalue weighted by atomic mass is 10.0. The molecule has 0 aromatic carbocycles. The molecule has 0 aliphatic carbocycles. The average molecular weight is 340 g/mol. The van der Waals surface area contributed by atoms with E-state index in [2.05, 4.69) is 15.4 Å². The molecule has 3 amide bonds. The van der Waals surface area contributed by atoms with Crippen LogP contribution < -0.4 is 5.32 Å². The van der Waals surface area contributed by atoms with E-state index in [0.29, 0.717) is 37.6 Å². The van der Waals surface area contributed by atoms with Crippen LogP contribution in [0.2, 0.25) is 0 Å². The zero-order chi connectivity index (χ0) is 17.2. The van der Waals surface area contributed by atoms with Gasteiger partial charge in [-0.2, -0.15) is 5.10 Å². The predicted octanol–water partition coefficient (Wildman–Crippen LogP) is 0.897. The highest BCUT2D eigenvalue weighted by Crippen LogP contribution is 2.19. The van der Waals surface area contributed by atoms with Gasteiger partial charge in [0.2, 0.25) is 0 Å². The average Bonchev–Trinajstić information content (AvgIpc) is 3.33. The van der Waals surface area contributed by atoms with Crippen LogP contribution >= 0.6 is 0 Å². The standard InChI is InChI=1S/C17H20N6O2/c24-16(13-4-5-15(19-11-13)23-9-2-6-20-23)21-8-1-3-14(12-21)22-10-7-18-17(22)25/h2,4-6,9,11,14H,1,3,7-8,10,12H2,(H,18,25). The number of hydrogen-bond acceptors (Lipinski definition) is 4. The maximum Gasteiger partial charge on any atom is 0.317 e. The second kappa shape index (κ2) is 6.54. The normalized spacial score (nSPS) is 20.6. The van der Waals surface area contributed by atoms with Gasteiger partial charge in [0.15, 0.2) is 5.82 Å². The molecule has 25 heavy (non-hydrogen) atoms. The van der Waals surface area contributed by atoms with Crippen LogP contribution in [0.1, 0.15) is 23.2 Å². The highest BCUT2D eigenvalue weighted by molar-refractivity contribution is 5.94. The van der Waals surface area contributed by atoms with Crippen LogP contribution in [0, 0.1) is 0 Å². The summed E-state index contributed by atoms with van der Waals surface area (Å²) in [6.45, 7) is 2.69. The number of amides is 3.